The molecule has 2 amide bonds. The number of fused-ring (bicyclic) bond motifs is 4. The summed E-state index contributed by atoms with van der Waals surface area (Å²) in [5, 5.41) is 3.03. The van der Waals surface area contributed by atoms with E-state index < -0.39 is 0 Å². The van der Waals surface area contributed by atoms with E-state index in [1.54, 1.807) is 0 Å². The third-order valence-corrected chi connectivity index (χ3v) is 6.77. The molecule has 0 saturated carbocycles. The number of ether oxygens (including phenoxy) is 1. The predicted octanol–water partition coefficient (Wildman–Crippen LogP) is 2.04. The molecule has 4 atom stereocenters. The minimum Gasteiger partial charge on any atom is -0.372 e. The van der Waals surface area contributed by atoms with Crippen LogP contribution in [0.4, 0.5) is 0 Å². The number of hydrogen-bond donors (Lipinski definition) is 1. The lowest BCUT2D eigenvalue weighted by atomic mass is 9.72. The second-order valence-corrected chi connectivity index (χ2v) is 8.70. The highest BCUT2D eigenvalue weighted by Gasteiger charge is 2.49. The fourth-order valence-electron chi connectivity index (χ4n) is 5.57. The third-order valence-electron chi connectivity index (χ3n) is 6.77. The molecule has 3 fully saturated rings. The Morgan fingerprint density at radius 3 is 2.79 bits per heavy atom. The fourth-order valence-corrected chi connectivity index (χ4v) is 5.57. The molecule has 0 aromatic heterocycles. The molecule has 1 aromatic rings. The first-order valence-electron chi connectivity index (χ1n) is 11.1. The summed E-state index contributed by atoms with van der Waals surface area (Å²) in [5.41, 5.74) is 1.34. The predicted molar refractivity (Wildman–Crippen MR) is 111 cm³/mol. The Morgan fingerprint density at radius 2 is 2.00 bits per heavy atom. The molecule has 1 N–H and O–H groups in total. The zero-order valence-electron chi connectivity index (χ0n) is 17.4. The lowest BCUT2D eigenvalue weighted by Crippen LogP contribution is -2.67. The maximum atomic E-state index is 12.8. The summed E-state index contributed by atoms with van der Waals surface area (Å²) < 4.78 is 5.23. The summed E-state index contributed by atoms with van der Waals surface area (Å²) in [6.07, 6.45) is 3.88. The molecule has 3 aliphatic rings. The zero-order valence-corrected chi connectivity index (χ0v) is 17.4. The highest BCUT2D eigenvalue weighted by Crippen LogP contribution is 2.41. The number of nitrogens with one attached hydrogen (secondary N) is 1. The van der Waals surface area contributed by atoms with Crippen molar-refractivity contribution in [1.82, 2.24) is 15.1 Å². The number of hydrogen-bond acceptors (Lipinski definition) is 4. The van der Waals surface area contributed by atoms with Gasteiger partial charge in [-0.3, -0.25) is 14.5 Å². The number of piperidine rings is 3. The van der Waals surface area contributed by atoms with Crippen LogP contribution in [0.3, 0.4) is 0 Å². The van der Waals surface area contributed by atoms with Crippen LogP contribution in [0, 0.1) is 11.8 Å². The van der Waals surface area contributed by atoms with Crippen molar-refractivity contribution in [3.8, 4) is 0 Å². The van der Waals surface area contributed by atoms with Crippen molar-refractivity contribution >= 4 is 11.8 Å². The van der Waals surface area contributed by atoms with Crippen LogP contribution in [-0.4, -0.2) is 66.5 Å². The van der Waals surface area contributed by atoms with Gasteiger partial charge >= 0.3 is 0 Å². The van der Waals surface area contributed by atoms with Gasteiger partial charge in [0.05, 0.1) is 6.04 Å². The molecule has 6 nitrogen and oxygen atoms in total. The van der Waals surface area contributed by atoms with Gasteiger partial charge in [0, 0.05) is 45.2 Å². The third kappa shape index (κ3) is 4.64. The van der Waals surface area contributed by atoms with Gasteiger partial charge < -0.3 is 15.0 Å². The van der Waals surface area contributed by atoms with Crippen LogP contribution < -0.4 is 5.32 Å². The van der Waals surface area contributed by atoms with Crippen LogP contribution in [0.5, 0.6) is 0 Å². The van der Waals surface area contributed by atoms with Crippen LogP contribution in [0.25, 0.3) is 0 Å². The second-order valence-electron chi connectivity index (χ2n) is 8.70. The Balaban J connectivity index is 1.47. The van der Waals surface area contributed by atoms with Gasteiger partial charge in [-0.1, -0.05) is 30.3 Å². The largest absolute Gasteiger partial charge is 0.372 e. The Kier molecular flexibility index (Phi) is 6.50. The average molecular weight is 400 g/mol. The maximum absolute atomic E-state index is 12.8. The van der Waals surface area contributed by atoms with E-state index in [9.17, 15) is 9.59 Å². The number of carbonyl (C=O) groups is 2. The summed E-state index contributed by atoms with van der Waals surface area (Å²) in [6, 6.07) is 11.0. The molecule has 0 radical (unpaired) electrons. The lowest BCUT2D eigenvalue weighted by Gasteiger charge is -2.56. The average Bonchev–Trinajstić information content (AvgIpc) is 2.73. The molecule has 0 unspecified atom stereocenters. The Hall–Kier alpha value is -1.92. The molecule has 0 spiro atoms. The molecule has 3 aliphatic heterocycles. The fraction of sp³-hybridized carbons (Fsp3) is 0.652. The van der Waals surface area contributed by atoms with Crippen molar-refractivity contribution < 1.29 is 14.3 Å². The van der Waals surface area contributed by atoms with E-state index in [1.807, 2.05) is 6.92 Å². The molecule has 29 heavy (non-hydrogen) atoms. The Labute approximate surface area is 173 Å². The van der Waals surface area contributed by atoms with E-state index in [1.165, 1.54) is 5.56 Å². The van der Waals surface area contributed by atoms with Gasteiger partial charge in [0.2, 0.25) is 11.8 Å². The maximum Gasteiger partial charge on any atom is 0.246 e. The van der Waals surface area contributed by atoms with Crippen molar-refractivity contribution in [2.24, 2.45) is 11.8 Å². The van der Waals surface area contributed by atoms with Crippen molar-refractivity contribution in [2.45, 2.75) is 51.2 Å². The van der Waals surface area contributed by atoms with E-state index in [4.69, 9.17) is 4.74 Å². The van der Waals surface area contributed by atoms with Crippen LogP contribution in [0.15, 0.2) is 30.3 Å². The smallest absolute Gasteiger partial charge is 0.246 e. The molecular weight excluding hydrogens is 366 g/mol. The van der Waals surface area contributed by atoms with E-state index in [0.29, 0.717) is 37.5 Å². The number of amides is 2. The first-order chi connectivity index (χ1) is 14.2. The summed E-state index contributed by atoms with van der Waals surface area (Å²) >= 11 is 0. The highest BCUT2D eigenvalue weighted by atomic mass is 16.5. The van der Waals surface area contributed by atoms with Crippen molar-refractivity contribution in [3.63, 3.8) is 0 Å². The van der Waals surface area contributed by atoms with E-state index in [-0.39, 0.29) is 24.5 Å². The molecule has 4 rings (SSSR count). The van der Waals surface area contributed by atoms with E-state index in [2.05, 4.69) is 45.4 Å². The minimum atomic E-state index is -0.0908. The molecule has 0 aliphatic carbocycles. The van der Waals surface area contributed by atoms with E-state index in [0.717, 1.165) is 38.9 Å². The zero-order chi connectivity index (χ0) is 20.2. The van der Waals surface area contributed by atoms with Gasteiger partial charge in [0.15, 0.2) is 0 Å². The number of benzene rings is 1. The highest BCUT2D eigenvalue weighted by molar-refractivity contribution is 5.79. The molecule has 158 valence electrons. The van der Waals surface area contributed by atoms with Crippen molar-refractivity contribution in [3.05, 3.63) is 35.9 Å². The van der Waals surface area contributed by atoms with Gasteiger partial charge in [-0.05, 0) is 43.6 Å². The topological polar surface area (TPSA) is 61.9 Å². The van der Waals surface area contributed by atoms with Gasteiger partial charge in [-0.15, -0.1) is 0 Å². The molecular formula is C23H33N3O3. The summed E-state index contributed by atoms with van der Waals surface area (Å²) in [6.45, 7) is 6.03. The molecule has 2 bridgehead atoms. The van der Waals surface area contributed by atoms with Crippen LogP contribution >= 0.6 is 0 Å². The Morgan fingerprint density at radius 1 is 1.21 bits per heavy atom. The van der Waals surface area contributed by atoms with Crippen LogP contribution in [0.2, 0.25) is 0 Å². The normalized spacial score (nSPS) is 29.4. The quantitative estimate of drug-likeness (QED) is 0.762. The molecule has 1 aromatic carbocycles. The van der Waals surface area contributed by atoms with Gasteiger partial charge in [0.1, 0.15) is 6.61 Å². The summed E-state index contributed by atoms with van der Waals surface area (Å²) in [5.74, 6) is 1.13. The SMILES string of the molecule is CCOCC(=O)NC[C@H]1[C@H]2C[C@H](CN(Cc3ccccc3)C2)[C@@H]2CCCC(=O)N21. The lowest BCUT2D eigenvalue weighted by molar-refractivity contribution is -0.153. The van der Waals surface area contributed by atoms with Crippen LogP contribution in [0.1, 0.15) is 38.2 Å². The van der Waals surface area contributed by atoms with Gasteiger partial charge in [-0.25, -0.2) is 0 Å². The van der Waals surface area contributed by atoms with Crippen molar-refractivity contribution in [2.75, 3.05) is 32.8 Å². The monoisotopic (exact) mass is 399 g/mol. The van der Waals surface area contributed by atoms with Gasteiger partial charge in [-0.2, -0.15) is 0 Å². The molecule has 3 saturated heterocycles. The standard InChI is InChI=1S/C23H33N3O3/c1-2-29-16-22(27)24-12-21-19-11-18(20-9-6-10-23(28)26(20)21)14-25(15-19)13-17-7-4-3-5-8-17/h3-5,7-8,18-21H,2,6,9-16H2,1H3,(H,24,27)/t18-,19+,20+,21+/m1/s1. The first-order valence-corrected chi connectivity index (χ1v) is 11.1. The Bertz CT molecular complexity index is 711. The van der Waals surface area contributed by atoms with Gasteiger partial charge in [0.25, 0.3) is 0 Å². The number of carbonyl (C=O) groups excluding carboxylic acids is 2. The summed E-state index contributed by atoms with van der Waals surface area (Å²) in [4.78, 5) is 29.7. The second kappa shape index (κ2) is 9.26. The van der Waals surface area contributed by atoms with E-state index >= 15 is 0 Å². The number of likely N-dealkylation sites (tertiary alicyclic amines) is 1. The van der Waals surface area contributed by atoms with Crippen molar-refractivity contribution in [1.29, 1.82) is 0 Å². The molecule has 3 heterocycles. The van der Waals surface area contributed by atoms with Crippen LogP contribution in [-0.2, 0) is 20.9 Å². The minimum absolute atomic E-state index is 0.0908. The number of nitrogens with zero attached hydrogens (tertiary/aromatic N) is 2. The molecule has 6 heteroatoms. The number of rotatable bonds is 7. The first kappa shape index (κ1) is 20.4. The summed E-state index contributed by atoms with van der Waals surface area (Å²) in [7, 11) is 0.